The number of carbonyl (C=O) groups is 1. The molecular weight excluding hydrogens is 252 g/mol. The first-order chi connectivity index (χ1) is 9.83. The normalized spacial score (nSPS) is 16.2. The van der Waals surface area contributed by atoms with E-state index < -0.39 is 0 Å². The summed E-state index contributed by atoms with van der Waals surface area (Å²) in [5.74, 6) is 0.535. The molecule has 1 aromatic carbocycles. The third-order valence-corrected chi connectivity index (χ3v) is 3.79. The molecule has 0 aliphatic carbocycles. The molecular formula is C16H18N2O2. The zero-order valence-corrected chi connectivity index (χ0v) is 11.3. The summed E-state index contributed by atoms with van der Waals surface area (Å²) in [6.45, 7) is 2.35. The minimum atomic E-state index is -0.00444. The second-order valence-electron chi connectivity index (χ2n) is 5.20. The number of rotatable bonds is 3. The van der Waals surface area contributed by atoms with Crippen molar-refractivity contribution in [1.82, 2.24) is 10.3 Å². The lowest BCUT2D eigenvalue weighted by Crippen LogP contribution is -2.32. The number of ether oxygens (including phenoxy) is 1. The number of amides is 1. The van der Waals surface area contributed by atoms with Crippen LogP contribution in [0.2, 0.25) is 0 Å². The molecule has 0 bridgehead atoms. The summed E-state index contributed by atoms with van der Waals surface area (Å²) in [6, 6.07) is 7.62. The van der Waals surface area contributed by atoms with Crippen molar-refractivity contribution >= 4 is 16.7 Å². The summed E-state index contributed by atoms with van der Waals surface area (Å²) in [6.07, 6.45) is 5.61. The lowest BCUT2D eigenvalue weighted by Gasteiger charge is -2.22. The molecule has 1 aliphatic rings. The quantitative estimate of drug-likeness (QED) is 0.931. The number of hydrogen-bond donors (Lipinski definition) is 1. The van der Waals surface area contributed by atoms with Gasteiger partial charge in [0.05, 0.1) is 0 Å². The fourth-order valence-corrected chi connectivity index (χ4v) is 2.51. The molecule has 2 aromatic rings. The van der Waals surface area contributed by atoms with Crippen molar-refractivity contribution in [3.63, 3.8) is 0 Å². The van der Waals surface area contributed by atoms with Crippen LogP contribution in [0.25, 0.3) is 10.8 Å². The molecule has 0 unspecified atom stereocenters. The van der Waals surface area contributed by atoms with Gasteiger partial charge in [-0.25, -0.2) is 0 Å². The van der Waals surface area contributed by atoms with Gasteiger partial charge in [0.25, 0.3) is 5.91 Å². The van der Waals surface area contributed by atoms with Crippen molar-refractivity contribution in [3.05, 3.63) is 42.2 Å². The fourth-order valence-electron chi connectivity index (χ4n) is 2.51. The first-order valence-corrected chi connectivity index (χ1v) is 7.02. The Hall–Kier alpha value is -1.94. The number of carbonyl (C=O) groups excluding carboxylic acids is 1. The van der Waals surface area contributed by atoms with Gasteiger partial charge in [0.2, 0.25) is 0 Å². The van der Waals surface area contributed by atoms with Gasteiger partial charge in [0.1, 0.15) is 0 Å². The highest BCUT2D eigenvalue weighted by Crippen LogP contribution is 2.16. The molecule has 104 valence electrons. The smallest absolute Gasteiger partial charge is 0.251 e. The molecule has 1 fully saturated rings. The van der Waals surface area contributed by atoms with Crippen LogP contribution in [0.15, 0.2) is 36.7 Å². The molecule has 0 radical (unpaired) electrons. The van der Waals surface area contributed by atoms with E-state index in [0.29, 0.717) is 11.5 Å². The molecule has 4 nitrogen and oxygen atoms in total. The van der Waals surface area contributed by atoms with E-state index in [4.69, 9.17) is 4.74 Å². The second kappa shape index (κ2) is 6.01. The van der Waals surface area contributed by atoms with Crippen molar-refractivity contribution in [2.75, 3.05) is 19.8 Å². The van der Waals surface area contributed by atoms with Crippen molar-refractivity contribution in [3.8, 4) is 0 Å². The molecule has 1 aromatic heterocycles. The molecule has 0 spiro atoms. The Balaban J connectivity index is 1.65. The zero-order valence-electron chi connectivity index (χ0n) is 11.3. The van der Waals surface area contributed by atoms with Crippen molar-refractivity contribution in [1.29, 1.82) is 0 Å². The molecule has 0 saturated carbocycles. The standard InChI is InChI=1S/C16H18N2O2/c19-16(18-10-12-4-7-20-8-5-12)14-1-2-15-11-17-6-3-13(15)9-14/h1-3,6,9,11-12H,4-5,7-8,10H2,(H,18,19). The molecule has 1 amide bonds. The third-order valence-electron chi connectivity index (χ3n) is 3.79. The van der Waals surface area contributed by atoms with Gasteiger partial charge < -0.3 is 10.1 Å². The summed E-state index contributed by atoms with van der Waals surface area (Å²) >= 11 is 0. The summed E-state index contributed by atoms with van der Waals surface area (Å²) in [5, 5.41) is 5.11. The molecule has 1 aliphatic heterocycles. The Morgan fingerprint density at radius 1 is 1.25 bits per heavy atom. The van der Waals surface area contributed by atoms with E-state index in [1.54, 1.807) is 12.4 Å². The summed E-state index contributed by atoms with van der Waals surface area (Å²) in [7, 11) is 0. The van der Waals surface area contributed by atoms with Gasteiger partial charge in [-0.05, 0) is 42.3 Å². The van der Waals surface area contributed by atoms with Crippen LogP contribution in [0.3, 0.4) is 0 Å². The van der Waals surface area contributed by atoms with Crippen LogP contribution >= 0.6 is 0 Å². The van der Waals surface area contributed by atoms with Crippen molar-refractivity contribution in [2.24, 2.45) is 5.92 Å². The SMILES string of the molecule is O=C(NCC1CCOCC1)c1ccc2cnccc2c1. The van der Waals surface area contributed by atoms with Gasteiger partial charge in [-0.1, -0.05) is 6.07 Å². The topological polar surface area (TPSA) is 51.2 Å². The molecule has 1 saturated heterocycles. The lowest BCUT2D eigenvalue weighted by molar-refractivity contribution is 0.0643. The lowest BCUT2D eigenvalue weighted by atomic mass is 10.0. The Labute approximate surface area is 118 Å². The maximum Gasteiger partial charge on any atom is 0.251 e. The van der Waals surface area contributed by atoms with E-state index in [9.17, 15) is 4.79 Å². The fraction of sp³-hybridized carbons (Fsp3) is 0.375. The predicted molar refractivity (Wildman–Crippen MR) is 77.6 cm³/mol. The van der Waals surface area contributed by atoms with Crippen molar-refractivity contribution in [2.45, 2.75) is 12.8 Å². The molecule has 4 heteroatoms. The first kappa shape index (κ1) is 13.1. The Morgan fingerprint density at radius 3 is 2.95 bits per heavy atom. The molecule has 2 heterocycles. The molecule has 1 N–H and O–H groups in total. The Kier molecular flexibility index (Phi) is 3.92. The van der Waals surface area contributed by atoms with Crippen LogP contribution in [-0.2, 0) is 4.74 Å². The highest BCUT2D eigenvalue weighted by molar-refractivity contribution is 5.98. The van der Waals surface area contributed by atoms with Crippen LogP contribution in [0.1, 0.15) is 23.2 Å². The summed E-state index contributed by atoms with van der Waals surface area (Å²) in [5.41, 5.74) is 0.704. The van der Waals surface area contributed by atoms with E-state index in [1.165, 1.54) is 0 Å². The number of benzene rings is 1. The molecule has 0 atom stereocenters. The van der Waals surface area contributed by atoms with E-state index in [1.807, 2.05) is 24.3 Å². The monoisotopic (exact) mass is 270 g/mol. The van der Waals surface area contributed by atoms with Gasteiger partial charge in [-0.3, -0.25) is 9.78 Å². The van der Waals surface area contributed by atoms with Crippen LogP contribution in [0.4, 0.5) is 0 Å². The second-order valence-corrected chi connectivity index (χ2v) is 5.20. The van der Waals surface area contributed by atoms with E-state index >= 15 is 0 Å². The van der Waals surface area contributed by atoms with E-state index in [2.05, 4.69) is 10.3 Å². The van der Waals surface area contributed by atoms with Crippen molar-refractivity contribution < 1.29 is 9.53 Å². The average Bonchev–Trinajstić information content (AvgIpc) is 2.53. The molecule has 20 heavy (non-hydrogen) atoms. The van der Waals surface area contributed by atoms with Gasteiger partial charge in [-0.15, -0.1) is 0 Å². The van der Waals surface area contributed by atoms with Gasteiger partial charge in [0, 0.05) is 43.1 Å². The maximum absolute atomic E-state index is 12.2. The van der Waals surface area contributed by atoms with Crippen LogP contribution in [0.5, 0.6) is 0 Å². The number of fused-ring (bicyclic) bond motifs is 1. The summed E-state index contributed by atoms with van der Waals surface area (Å²) in [4.78, 5) is 16.2. The van der Waals surface area contributed by atoms with Crippen LogP contribution in [-0.4, -0.2) is 30.6 Å². The number of aromatic nitrogens is 1. The number of hydrogen-bond acceptors (Lipinski definition) is 3. The highest BCUT2D eigenvalue weighted by Gasteiger charge is 2.15. The average molecular weight is 270 g/mol. The highest BCUT2D eigenvalue weighted by atomic mass is 16.5. The largest absolute Gasteiger partial charge is 0.381 e. The van der Waals surface area contributed by atoms with Crippen LogP contribution < -0.4 is 5.32 Å². The van der Waals surface area contributed by atoms with Crippen LogP contribution in [0, 0.1) is 5.92 Å². The summed E-state index contributed by atoms with van der Waals surface area (Å²) < 4.78 is 5.32. The van der Waals surface area contributed by atoms with E-state index in [0.717, 1.165) is 43.4 Å². The van der Waals surface area contributed by atoms with Gasteiger partial charge in [-0.2, -0.15) is 0 Å². The Bertz CT molecular complexity index is 606. The number of nitrogens with one attached hydrogen (secondary N) is 1. The Morgan fingerprint density at radius 2 is 2.10 bits per heavy atom. The first-order valence-electron chi connectivity index (χ1n) is 7.02. The number of nitrogens with zero attached hydrogens (tertiary/aromatic N) is 1. The maximum atomic E-state index is 12.2. The predicted octanol–water partition coefficient (Wildman–Crippen LogP) is 2.39. The van der Waals surface area contributed by atoms with E-state index in [-0.39, 0.29) is 5.91 Å². The van der Waals surface area contributed by atoms with Gasteiger partial charge in [0.15, 0.2) is 0 Å². The zero-order chi connectivity index (χ0) is 13.8. The molecule has 3 rings (SSSR count). The van der Waals surface area contributed by atoms with Gasteiger partial charge >= 0.3 is 0 Å². The minimum absolute atomic E-state index is 0.00444. The third kappa shape index (κ3) is 2.96. The minimum Gasteiger partial charge on any atom is -0.381 e. The number of pyridine rings is 1.